The van der Waals surface area contributed by atoms with Crippen LogP contribution < -0.4 is 0 Å². The van der Waals surface area contributed by atoms with Crippen LogP contribution in [0.3, 0.4) is 0 Å². The number of hydrogen-bond acceptors (Lipinski definition) is 5. The van der Waals surface area contributed by atoms with E-state index in [1.54, 1.807) is 0 Å². The first-order valence-corrected chi connectivity index (χ1v) is 4.41. The van der Waals surface area contributed by atoms with Crippen molar-refractivity contribution in [3.05, 3.63) is 0 Å². The highest BCUT2D eigenvalue weighted by Gasteiger charge is 2.63. The first-order chi connectivity index (χ1) is 4.96. The Morgan fingerprint density at radius 2 is 1.36 bits per heavy atom. The van der Waals surface area contributed by atoms with Crippen LogP contribution in [0.1, 0.15) is 13.8 Å². The summed E-state index contributed by atoms with van der Waals surface area (Å²) in [4.78, 5) is 0. The fraction of sp³-hybridized carbons (Fsp3) is 1.00. The quantitative estimate of drug-likeness (QED) is 0.508. The highest BCUT2D eigenvalue weighted by molar-refractivity contribution is 7.81. The van der Waals surface area contributed by atoms with Crippen LogP contribution in [0.2, 0.25) is 0 Å². The highest BCUT2D eigenvalue weighted by atomic mass is 32.1. The summed E-state index contributed by atoms with van der Waals surface area (Å²) < 4.78 is 15.7. The predicted molar refractivity (Wildman–Crippen MR) is 45.6 cm³/mol. The van der Waals surface area contributed by atoms with Gasteiger partial charge in [0, 0.05) is 0 Å². The van der Waals surface area contributed by atoms with Gasteiger partial charge in [0.25, 0.3) is 0 Å². The van der Waals surface area contributed by atoms with Crippen molar-refractivity contribution in [2.75, 3.05) is 0 Å². The Bertz CT molecular complexity index is 180. The molecule has 2 rings (SSSR count). The van der Waals surface area contributed by atoms with Crippen molar-refractivity contribution in [2.24, 2.45) is 0 Å². The molecule has 5 heteroatoms. The normalized spacial score (nSPS) is 61.1. The molecule has 0 radical (unpaired) electrons. The summed E-state index contributed by atoms with van der Waals surface area (Å²) in [6.07, 6.45) is 0. The van der Waals surface area contributed by atoms with Gasteiger partial charge in [-0.1, -0.05) is 0 Å². The van der Waals surface area contributed by atoms with Gasteiger partial charge in [0.1, 0.15) is 0 Å². The zero-order valence-electron chi connectivity index (χ0n) is 6.27. The maximum absolute atomic E-state index is 5.47. The molecule has 2 aliphatic rings. The van der Waals surface area contributed by atoms with Crippen molar-refractivity contribution in [1.29, 1.82) is 0 Å². The lowest BCUT2D eigenvalue weighted by Crippen LogP contribution is -2.24. The second kappa shape index (κ2) is 2.09. The molecular weight excluding hydrogens is 184 g/mol. The monoisotopic (exact) mass is 194 g/mol. The molecule has 11 heavy (non-hydrogen) atoms. The van der Waals surface area contributed by atoms with Gasteiger partial charge in [0.2, 0.25) is 11.6 Å². The first kappa shape index (κ1) is 8.19. The van der Waals surface area contributed by atoms with Crippen LogP contribution in [0.15, 0.2) is 0 Å². The van der Waals surface area contributed by atoms with Gasteiger partial charge in [-0.25, -0.2) is 0 Å². The molecule has 4 unspecified atom stereocenters. The molecule has 2 aliphatic heterocycles. The van der Waals surface area contributed by atoms with E-state index < -0.39 is 11.6 Å². The third-order valence-corrected chi connectivity index (χ3v) is 3.03. The molecule has 2 heterocycles. The summed E-state index contributed by atoms with van der Waals surface area (Å²) in [5.41, 5.74) is -0.270. The van der Waals surface area contributed by atoms with E-state index in [1.807, 2.05) is 13.8 Å². The van der Waals surface area contributed by atoms with Crippen molar-refractivity contribution in [2.45, 2.75) is 36.3 Å². The van der Waals surface area contributed by atoms with E-state index in [-0.39, 0.29) is 10.9 Å². The molecule has 0 spiro atoms. The van der Waals surface area contributed by atoms with E-state index >= 15 is 0 Å². The topological polar surface area (TPSA) is 34.3 Å². The largest absolute Gasteiger partial charge is 0.327 e. The zero-order chi connectivity index (χ0) is 8.28. The molecular formula is C6H10O3S2. The maximum atomic E-state index is 5.47. The summed E-state index contributed by atoms with van der Waals surface area (Å²) in [5.74, 6) is -1.15. The molecule has 4 atom stereocenters. The first-order valence-electron chi connectivity index (χ1n) is 3.38. The molecule has 0 amide bonds. The van der Waals surface area contributed by atoms with Gasteiger partial charge in [0.15, 0.2) is 10.9 Å². The number of hydrogen-bond donors (Lipinski definition) is 2. The molecule has 3 nitrogen and oxygen atoms in total. The molecule has 0 aromatic carbocycles. The summed E-state index contributed by atoms with van der Waals surface area (Å²) in [6, 6.07) is 0. The lowest BCUT2D eigenvalue weighted by molar-refractivity contribution is -0.130. The Labute approximate surface area is 76.2 Å². The van der Waals surface area contributed by atoms with Gasteiger partial charge in [-0.2, -0.15) is 0 Å². The molecule has 0 bridgehead atoms. The SMILES string of the molecule is CC1(OC2(C)OC2S)OC1S. The Hall–Kier alpha value is 0.580. The lowest BCUT2D eigenvalue weighted by atomic mass is 10.4. The molecule has 2 saturated heterocycles. The molecule has 0 aromatic rings. The average Bonchev–Trinajstić information content (AvgIpc) is 2.55. The molecule has 0 aliphatic carbocycles. The van der Waals surface area contributed by atoms with Gasteiger partial charge in [0.05, 0.1) is 0 Å². The van der Waals surface area contributed by atoms with Crippen LogP contribution in [0.25, 0.3) is 0 Å². The van der Waals surface area contributed by atoms with E-state index in [4.69, 9.17) is 14.2 Å². The smallest absolute Gasteiger partial charge is 0.205 e. The minimum Gasteiger partial charge on any atom is -0.327 e. The van der Waals surface area contributed by atoms with Crippen molar-refractivity contribution < 1.29 is 14.2 Å². The standard InChI is InChI=1S/C6H10O3S2/c1-5(3(10)7-5)9-6(2)4(11)8-6/h3-4,10-11H,1-2H3. The van der Waals surface area contributed by atoms with Gasteiger partial charge < -0.3 is 14.2 Å². The number of epoxide rings is 2. The van der Waals surface area contributed by atoms with E-state index in [0.717, 1.165) is 0 Å². The maximum Gasteiger partial charge on any atom is 0.205 e. The third-order valence-electron chi connectivity index (χ3n) is 1.88. The van der Waals surface area contributed by atoms with Crippen molar-refractivity contribution in [3.63, 3.8) is 0 Å². The van der Waals surface area contributed by atoms with Gasteiger partial charge in [-0.05, 0) is 13.8 Å². The van der Waals surface area contributed by atoms with Gasteiger partial charge >= 0.3 is 0 Å². The predicted octanol–water partition coefficient (Wildman–Crippen LogP) is 1.01. The summed E-state index contributed by atoms with van der Waals surface area (Å²) in [6.45, 7) is 3.66. The number of rotatable bonds is 2. The second-order valence-electron chi connectivity index (χ2n) is 3.07. The molecule has 0 N–H and O–H groups in total. The van der Waals surface area contributed by atoms with Crippen LogP contribution in [0.4, 0.5) is 0 Å². The highest BCUT2D eigenvalue weighted by Crippen LogP contribution is 2.50. The van der Waals surface area contributed by atoms with E-state index in [9.17, 15) is 0 Å². The zero-order valence-corrected chi connectivity index (χ0v) is 8.06. The Morgan fingerprint density at radius 1 is 1.09 bits per heavy atom. The lowest BCUT2D eigenvalue weighted by Gasteiger charge is -2.11. The minimum atomic E-state index is -0.574. The van der Waals surface area contributed by atoms with Crippen LogP contribution in [0, 0.1) is 0 Å². The number of ether oxygens (including phenoxy) is 3. The van der Waals surface area contributed by atoms with Gasteiger partial charge in [-0.15, -0.1) is 25.3 Å². The Kier molecular flexibility index (Phi) is 1.55. The van der Waals surface area contributed by atoms with Crippen LogP contribution in [0.5, 0.6) is 0 Å². The molecule has 2 fully saturated rings. The average molecular weight is 194 g/mol. The Morgan fingerprint density at radius 3 is 1.55 bits per heavy atom. The van der Waals surface area contributed by atoms with Crippen LogP contribution in [-0.2, 0) is 14.2 Å². The van der Waals surface area contributed by atoms with Crippen LogP contribution in [-0.4, -0.2) is 22.4 Å². The van der Waals surface area contributed by atoms with Crippen molar-refractivity contribution >= 4 is 25.3 Å². The van der Waals surface area contributed by atoms with E-state index in [0.29, 0.717) is 0 Å². The minimum absolute atomic E-state index is 0.135. The molecule has 64 valence electrons. The molecule has 0 aromatic heterocycles. The van der Waals surface area contributed by atoms with Crippen LogP contribution >= 0.6 is 25.3 Å². The number of thiol groups is 2. The van der Waals surface area contributed by atoms with Crippen molar-refractivity contribution in [3.8, 4) is 0 Å². The summed E-state index contributed by atoms with van der Waals surface area (Å²) >= 11 is 8.20. The summed E-state index contributed by atoms with van der Waals surface area (Å²) in [5, 5.41) is 0. The van der Waals surface area contributed by atoms with Crippen molar-refractivity contribution in [1.82, 2.24) is 0 Å². The molecule has 0 saturated carbocycles. The fourth-order valence-corrected chi connectivity index (χ4v) is 1.45. The van der Waals surface area contributed by atoms with E-state index in [1.165, 1.54) is 0 Å². The van der Waals surface area contributed by atoms with E-state index in [2.05, 4.69) is 25.3 Å². The van der Waals surface area contributed by atoms with Gasteiger partial charge in [-0.3, -0.25) is 0 Å². The second-order valence-corrected chi connectivity index (χ2v) is 4.01. The Balaban J connectivity index is 1.92. The summed E-state index contributed by atoms with van der Waals surface area (Å²) in [7, 11) is 0. The third kappa shape index (κ3) is 1.29. The fourth-order valence-electron chi connectivity index (χ4n) is 0.927.